The fourth-order valence-electron chi connectivity index (χ4n) is 1.31. The van der Waals surface area contributed by atoms with Crippen molar-refractivity contribution in [1.29, 1.82) is 0 Å². The lowest BCUT2D eigenvalue weighted by Gasteiger charge is -2.18. The maximum atomic E-state index is 11.3. The Labute approximate surface area is 109 Å². The lowest BCUT2D eigenvalue weighted by molar-refractivity contribution is -0.159. The Bertz CT molecular complexity index is 388. The van der Waals surface area contributed by atoms with Crippen molar-refractivity contribution < 1.29 is 19.7 Å². The maximum Gasteiger partial charge on any atom is 0.338 e. The molecule has 0 saturated heterocycles. The minimum absolute atomic E-state index is 0.108. The van der Waals surface area contributed by atoms with Crippen LogP contribution >= 0.6 is 23.2 Å². The number of hydrogen-bond donors (Lipinski definition) is 2. The van der Waals surface area contributed by atoms with E-state index in [1.54, 1.807) is 13.0 Å². The summed E-state index contributed by atoms with van der Waals surface area (Å²) < 4.78 is 4.59. The van der Waals surface area contributed by atoms with Crippen molar-refractivity contribution in [3.05, 3.63) is 33.8 Å². The van der Waals surface area contributed by atoms with Gasteiger partial charge in [0.05, 0.1) is 6.61 Å². The second kappa shape index (κ2) is 6.21. The second-order valence-corrected chi connectivity index (χ2v) is 4.09. The summed E-state index contributed by atoms with van der Waals surface area (Å²) in [5.41, 5.74) is 0.108. The van der Waals surface area contributed by atoms with E-state index in [1.165, 1.54) is 12.1 Å². The summed E-state index contributed by atoms with van der Waals surface area (Å²) in [7, 11) is 0. The molecule has 0 bridgehead atoms. The molecule has 0 fully saturated rings. The molecule has 2 N–H and O–H groups in total. The van der Waals surface area contributed by atoms with Crippen LogP contribution in [-0.4, -0.2) is 28.9 Å². The van der Waals surface area contributed by atoms with Crippen molar-refractivity contribution in [2.24, 2.45) is 0 Å². The number of halogens is 2. The molecular formula is C11H12Cl2O4. The number of esters is 1. The molecule has 0 aliphatic carbocycles. The molecule has 94 valence electrons. The van der Waals surface area contributed by atoms with E-state index in [2.05, 4.69) is 4.74 Å². The first-order chi connectivity index (χ1) is 7.99. The smallest absolute Gasteiger partial charge is 0.338 e. The molecule has 2 unspecified atom stereocenters. The summed E-state index contributed by atoms with van der Waals surface area (Å²) in [6, 6.07) is 4.60. The molecule has 6 heteroatoms. The normalized spacial score (nSPS) is 14.2. The Morgan fingerprint density at radius 3 is 2.35 bits per heavy atom. The van der Waals surface area contributed by atoms with Gasteiger partial charge >= 0.3 is 5.97 Å². The zero-order valence-corrected chi connectivity index (χ0v) is 10.6. The van der Waals surface area contributed by atoms with Crippen LogP contribution < -0.4 is 0 Å². The average Bonchev–Trinajstić information content (AvgIpc) is 2.27. The average molecular weight is 279 g/mol. The number of aliphatic hydroxyl groups excluding tert-OH is 2. The number of ether oxygens (including phenoxy) is 1. The minimum atomic E-state index is -1.72. The third-order valence-corrected chi connectivity index (χ3v) is 2.78. The molecular weight excluding hydrogens is 267 g/mol. The van der Waals surface area contributed by atoms with Crippen molar-refractivity contribution >= 4 is 29.2 Å². The standard InChI is InChI=1S/C11H12Cl2O4/c1-2-17-11(16)10(15)9(14)8-6(12)4-3-5-7(8)13/h3-5,9-10,14-15H,2H2,1H3. The van der Waals surface area contributed by atoms with Crippen LogP contribution in [0.1, 0.15) is 18.6 Å². The lowest BCUT2D eigenvalue weighted by atomic mass is 10.0. The van der Waals surface area contributed by atoms with E-state index in [4.69, 9.17) is 23.2 Å². The van der Waals surface area contributed by atoms with E-state index in [9.17, 15) is 15.0 Å². The van der Waals surface area contributed by atoms with Crippen molar-refractivity contribution in [2.45, 2.75) is 19.1 Å². The van der Waals surface area contributed by atoms with Crippen LogP contribution in [0.4, 0.5) is 0 Å². The molecule has 0 aliphatic rings. The highest BCUT2D eigenvalue weighted by Crippen LogP contribution is 2.32. The summed E-state index contributed by atoms with van der Waals surface area (Å²) >= 11 is 11.7. The quantitative estimate of drug-likeness (QED) is 0.827. The van der Waals surface area contributed by atoms with Gasteiger partial charge in [-0.15, -0.1) is 0 Å². The zero-order chi connectivity index (χ0) is 13.0. The monoisotopic (exact) mass is 278 g/mol. The van der Waals surface area contributed by atoms with Crippen LogP contribution in [0.5, 0.6) is 0 Å². The summed E-state index contributed by atoms with van der Waals surface area (Å²) in [6.45, 7) is 1.71. The number of benzene rings is 1. The first-order valence-electron chi connectivity index (χ1n) is 4.95. The van der Waals surface area contributed by atoms with Gasteiger partial charge in [-0.1, -0.05) is 29.3 Å². The van der Waals surface area contributed by atoms with Crippen molar-refractivity contribution in [3.63, 3.8) is 0 Å². The molecule has 0 amide bonds. The minimum Gasteiger partial charge on any atom is -0.464 e. The molecule has 0 spiro atoms. The van der Waals surface area contributed by atoms with Crippen LogP contribution in [0, 0.1) is 0 Å². The molecule has 1 aromatic carbocycles. The summed E-state index contributed by atoms with van der Waals surface area (Å²) in [5.74, 6) is -0.920. The van der Waals surface area contributed by atoms with Crippen LogP contribution in [0.25, 0.3) is 0 Å². The fraction of sp³-hybridized carbons (Fsp3) is 0.364. The van der Waals surface area contributed by atoms with Gasteiger partial charge in [-0.2, -0.15) is 0 Å². The zero-order valence-electron chi connectivity index (χ0n) is 9.06. The maximum absolute atomic E-state index is 11.3. The van der Waals surface area contributed by atoms with E-state index < -0.39 is 18.2 Å². The lowest BCUT2D eigenvalue weighted by Crippen LogP contribution is -2.30. The van der Waals surface area contributed by atoms with Crippen LogP contribution in [0.3, 0.4) is 0 Å². The molecule has 4 nitrogen and oxygen atoms in total. The van der Waals surface area contributed by atoms with Crippen molar-refractivity contribution in [1.82, 2.24) is 0 Å². The van der Waals surface area contributed by atoms with Gasteiger partial charge in [0.25, 0.3) is 0 Å². The molecule has 0 radical (unpaired) electrons. The third kappa shape index (κ3) is 3.33. The van der Waals surface area contributed by atoms with Gasteiger partial charge in [0, 0.05) is 15.6 Å². The molecule has 1 rings (SSSR count). The van der Waals surface area contributed by atoms with Gasteiger partial charge in [-0.05, 0) is 19.1 Å². The number of carbonyl (C=O) groups is 1. The highest BCUT2D eigenvalue weighted by molar-refractivity contribution is 6.36. The van der Waals surface area contributed by atoms with Gasteiger partial charge in [0.1, 0.15) is 6.10 Å². The van der Waals surface area contributed by atoms with Crippen LogP contribution in [0.2, 0.25) is 10.0 Å². The van der Waals surface area contributed by atoms with E-state index in [0.29, 0.717) is 0 Å². The fourth-order valence-corrected chi connectivity index (χ4v) is 1.93. The Morgan fingerprint density at radius 2 is 1.88 bits per heavy atom. The van der Waals surface area contributed by atoms with Gasteiger partial charge in [0.2, 0.25) is 0 Å². The Kier molecular flexibility index (Phi) is 5.21. The first-order valence-corrected chi connectivity index (χ1v) is 5.71. The molecule has 0 saturated carbocycles. The van der Waals surface area contributed by atoms with Crippen molar-refractivity contribution in [3.8, 4) is 0 Å². The van der Waals surface area contributed by atoms with E-state index >= 15 is 0 Å². The molecule has 1 aromatic rings. The Morgan fingerprint density at radius 1 is 1.35 bits per heavy atom. The second-order valence-electron chi connectivity index (χ2n) is 3.28. The third-order valence-electron chi connectivity index (χ3n) is 2.12. The number of aliphatic hydroxyl groups is 2. The molecule has 0 heterocycles. The largest absolute Gasteiger partial charge is 0.464 e. The number of hydrogen-bond acceptors (Lipinski definition) is 4. The number of carbonyl (C=O) groups excluding carboxylic acids is 1. The Balaban J connectivity index is 2.96. The van der Waals surface area contributed by atoms with Gasteiger partial charge in [-0.3, -0.25) is 0 Å². The van der Waals surface area contributed by atoms with E-state index in [1.807, 2.05) is 0 Å². The van der Waals surface area contributed by atoms with Crippen LogP contribution in [-0.2, 0) is 9.53 Å². The molecule has 0 aliphatic heterocycles. The van der Waals surface area contributed by atoms with Gasteiger partial charge < -0.3 is 14.9 Å². The molecule has 2 atom stereocenters. The van der Waals surface area contributed by atoms with Gasteiger partial charge in [-0.25, -0.2) is 4.79 Å². The van der Waals surface area contributed by atoms with E-state index in [-0.39, 0.29) is 22.2 Å². The van der Waals surface area contributed by atoms with Crippen molar-refractivity contribution in [2.75, 3.05) is 6.61 Å². The molecule has 17 heavy (non-hydrogen) atoms. The highest BCUT2D eigenvalue weighted by Gasteiger charge is 2.29. The molecule has 0 aromatic heterocycles. The first kappa shape index (κ1) is 14.3. The summed E-state index contributed by atoms with van der Waals surface area (Å²) in [6.07, 6.45) is -3.23. The SMILES string of the molecule is CCOC(=O)C(O)C(O)c1c(Cl)cccc1Cl. The van der Waals surface area contributed by atoms with Gasteiger partial charge in [0.15, 0.2) is 6.10 Å². The topological polar surface area (TPSA) is 66.8 Å². The summed E-state index contributed by atoms with van der Waals surface area (Å²) in [5, 5.41) is 19.8. The van der Waals surface area contributed by atoms with Crippen LogP contribution in [0.15, 0.2) is 18.2 Å². The Hall–Kier alpha value is -0.810. The predicted molar refractivity (Wildman–Crippen MR) is 64.1 cm³/mol. The predicted octanol–water partition coefficient (Wildman–Crippen LogP) is 1.95. The number of rotatable bonds is 4. The highest BCUT2D eigenvalue weighted by atomic mass is 35.5. The summed E-state index contributed by atoms with van der Waals surface area (Å²) in [4.78, 5) is 11.3. The van der Waals surface area contributed by atoms with E-state index in [0.717, 1.165) is 0 Å².